The summed E-state index contributed by atoms with van der Waals surface area (Å²) in [6.07, 6.45) is -1.76. The third-order valence-electron chi connectivity index (χ3n) is 4.15. The number of carboxylic acid groups (broad SMARTS) is 1. The highest BCUT2D eigenvalue weighted by molar-refractivity contribution is 6.30. The van der Waals surface area contributed by atoms with E-state index in [2.05, 4.69) is 5.32 Å². The summed E-state index contributed by atoms with van der Waals surface area (Å²) in [4.78, 5) is 23.4. The molecule has 0 aromatic heterocycles. The molecule has 0 aliphatic rings. The summed E-state index contributed by atoms with van der Waals surface area (Å²) < 4.78 is 5.03. The molecule has 2 rings (SSSR count). The third kappa shape index (κ3) is 6.58. The number of aliphatic hydroxyl groups is 1. The van der Waals surface area contributed by atoms with Gasteiger partial charge in [0.05, 0.1) is 6.10 Å². The monoisotopic (exact) mass is 391 g/mol. The summed E-state index contributed by atoms with van der Waals surface area (Å²) in [6, 6.07) is 14.6. The summed E-state index contributed by atoms with van der Waals surface area (Å²) >= 11 is 5.85. The fourth-order valence-electron chi connectivity index (χ4n) is 2.63. The van der Waals surface area contributed by atoms with Crippen LogP contribution in [0.25, 0.3) is 0 Å². The van der Waals surface area contributed by atoms with Gasteiger partial charge in [0.25, 0.3) is 0 Å². The van der Waals surface area contributed by atoms with E-state index in [1.54, 1.807) is 43.3 Å². The number of benzene rings is 2. The predicted octanol–water partition coefficient (Wildman–Crippen LogP) is 3.26. The lowest BCUT2D eigenvalue weighted by molar-refractivity contribution is -0.143. The largest absolute Gasteiger partial charge is 0.480 e. The Bertz CT molecular complexity index is 751. The number of hydrogen-bond acceptors (Lipinski definition) is 4. The van der Waals surface area contributed by atoms with E-state index in [4.69, 9.17) is 16.3 Å². The first-order valence-electron chi connectivity index (χ1n) is 8.49. The molecule has 0 unspecified atom stereocenters. The molecule has 2 aromatic rings. The SMILES string of the molecule is C[C@@H](Cc1ccc(Cl)cc1)[C@@H](O)[C@@H](NC(=O)OCc1ccccc1)C(=O)O. The third-order valence-corrected chi connectivity index (χ3v) is 4.40. The molecule has 3 N–H and O–H groups in total. The molecule has 0 aliphatic heterocycles. The molecular formula is C20H22ClNO5. The molecule has 27 heavy (non-hydrogen) atoms. The van der Waals surface area contributed by atoms with E-state index in [0.717, 1.165) is 11.1 Å². The maximum atomic E-state index is 11.9. The van der Waals surface area contributed by atoms with Crippen molar-refractivity contribution in [1.29, 1.82) is 0 Å². The first-order valence-corrected chi connectivity index (χ1v) is 8.87. The number of alkyl carbamates (subject to hydrolysis) is 1. The van der Waals surface area contributed by atoms with Crippen LogP contribution in [0.4, 0.5) is 4.79 Å². The van der Waals surface area contributed by atoms with Gasteiger partial charge in [-0.15, -0.1) is 0 Å². The van der Waals surface area contributed by atoms with E-state index in [0.29, 0.717) is 11.4 Å². The standard InChI is InChI=1S/C20H22ClNO5/c1-13(11-14-7-9-16(21)10-8-14)18(23)17(19(24)25)22-20(26)27-12-15-5-3-2-4-6-15/h2-10,13,17-18,23H,11-12H2,1H3,(H,22,26)(H,24,25)/t13-,17+,18+/m0/s1. The van der Waals surface area contributed by atoms with Crippen LogP contribution in [-0.4, -0.2) is 34.4 Å². The van der Waals surface area contributed by atoms with Crippen LogP contribution in [0.2, 0.25) is 5.02 Å². The van der Waals surface area contributed by atoms with Gasteiger partial charge in [-0.3, -0.25) is 0 Å². The van der Waals surface area contributed by atoms with E-state index in [1.165, 1.54) is 0 Å². The summed E-state index contributed by atoms with van der Waals surface area (Å²) in [5.74, 6) is -1.75. The molecule has 0 fully saturated rings. The number of aliphatic carboxylic acids is 1. The minimum Gasteiger partial charge on any atom is -0.480 e. The first kappa shape index (κ1) is 20.7. The van der Waals surface area contributed by atoms with Crippen molar-refractivity contribution in [2.45, 2.75) is 32.1 Å². The Hall–Kier alpha value is -2.57. The Morgan fingerprint density at radius 1 is 1.07 bits per heavy atom. The molecule has 0 aliphatic carbocycles. The Balaban J connectivity index is 1.92. The van der Waals surface area contributed by atoms with E-state index < -0.39 is 30.1 Å². The lowest BCUT2D eigenvalue weighted by Gasteiger charge is -2.25. The second-order valence-electron chi connectivity index (χ2n) is 6.32. The van der Waals surface area contributed by atoms with Gasteiger partial charge in [0, 0.05) is 5.02 Å². The first-order chi connectivity index (χ1) is 12.9. The lowest BCUT2D eigenvalue weighted by Crippen LogP contribution is -2.51. The maximum Gasteiger partial charge on any atom is 0.408 e. The molecule has 0 spiro atoms. The number of hydrogen-bond donors (Lipinski definition) is 3. The number of ether oxygens (including phenoxy) is 1. The molecule has 0 bridgehead atoms. The van der Waals surface area contributed by atoms with E-state index in [-0.39, 0.29) is 6.61 Å². The molecule has 7 heteroatoms. The number of rotatable bonds is 8. The summed E-state index contributed by atoms with van der Waals surface area (Å²) in [5.41, 5.74) is 1.68. The quantitative estimate of drug-likeness (QED) is 0.641. The van der Waals surface area contributed by atoms with Crippen molar-refractivity contribution in [3.05, 3.63) is 70.7 Å². The zero-order valence-electron chi connectivity index (χ0n) is 14.8. The molecule has 3 atom stereocenters. The van der Waals surface area contributed by atoms with Crippen LogP contribution in [-0.2, 0) is 22.6 Å². The maximum absolute atomic E-state index is 11.9. The van der Waals surface area contributed by atoms with Crippen LogP contribution in [0.5, 0.6) is 0 Å². The van der Waals surface area contributed by atoms with Gasteiger partial charge in [-0.25, -0.2) is 9.59 Å². The van der Waals surface area contributed by atoms with Crippen molar-refractivity contribution in [2.24, 2.45) is 5.92 Å². The Morgan fingerprint density at radius 2 is 1.70 bits per heavy atom. The van der Waals surface area contributed by atoms with Crippen LogP contribution in [0.3, 0.4) is 0 Å². The number of nitrogens with one attached hydrogen (secondary N) is 1. The fourth-order valence-corrected chi connectivity index (χ4v) is 2.75. The van der Waals surface area contributed by atoms with E-state index >= 15 is 0 Å². The Morgan fingerprint density at radius 3 is 2.30 bits per heavy atom. The van der Waals surface area contributed by atoms with Crippen LogP contribution in [0, 0.1) is 5.92 Å². The van der Waals surface area contributed by atoms with Gasteiger partial charge >= 0.3 is 12.1 Å². The summed E-state index contributed by atoms with van der Waals surface area (Å²) in [7, 11) is 0. The van der Waals surface area contributed by atoms with Crippen molar-refractivity contribution < 1.29 is 24.5 Å². The predicted molar refractivity (Wildman–Crippen MR) is 102 cm³/mol. The van der Waals surface area contributed by atoms with Gasteiger partial charge in [-0.2, -0.15) is 0 Å². The van der Waals surface area contributed by atoms with E-state index in [1.807, 2.05) is 18.2 Å². The Kier molecular flexibility index (Phi) is 7.64. The van der Waals surface area contributed by atoms with Crippen molar-refractivity contribution in [3.8, 4) is 0 Å². The molecule has 144 valence electrons. The number of carbonyl (C=O) groups is 2. The van der Waals surface area contributed by atoms with Crippen LogP contribution in [0.15, 0.2) is 54.6 Å². The lowest BCUT2D eigenvalue weighted by atomic mass is 9.91. The number of halogens is 1. The summed E-state index contributed by atoms with van der Waals surface area (Å²) in [6.45, 7) is 1.72. The average Bonchev–Trinajstić information content (AvgIpc) is 2.66. The van der Waals surface area contributed by atoms with E-state index in [9.17, 15) is 19.8 Å². The molecule has 1 amide bonds. The minimum atomic E-state index is -1.48. The van der Waals surface area contributed by atoms with Gasteiger partial charge in [0.15, 0.2) is 6.04 Å². The van der Waals surface area contributed by atoms with Gasteiger partial charge in [0.2, 0.25) is 0 Å². The second kappa shape index (κ2) is 9.94. The van der Waals surface area contributed by atoms with Crippen LogP contribution in [0.1, 0.15) is 18.1 Å². The number of aliphatic hydroxyl groups excluding tert-OH is 1. The molecule has 0 saturated heterocycles. The molecule has 6 nitrogen and oxygen atoms in total. The van der Waals surface area contributed by atoms with Crippen LogP contribution >= 0.6 is 11.6 Å². The van der Waals surface area contributed by atoms with Gasteiger partial charge < -0.3 is 20.3 Å². The molecule has 0 heterocycles. The normalized spacial score (nSPS) is 14.0. The topological polar surface area (TPSA) is 95.9 Å². The highest BCUT2D eigenvalue weighted by atomic mass is 35.5. The van der Waals surface area contributed by atoms with Gasteiger partial charge in [-0.05, 0) is 35.6 Å². The second-order valence-corrected chi connectivity index (χ2v) is 6.76. The highest BCUT2D eigenvalue weighted by Crippen LogP contribution is 2.17. The number of amides is 1. The van der Waals surface area contributed by atoms with Crippen molar-refractivity contribution >= 4 is 23.7 Å². The number of carbonyl (C=O) groups excluding carboxylic acids is 1. The van der Waals surface area contributed by atoms with Gasteiger partial charge in [-0.1, -0.05) is 61.0 Å². The smallest absolute Gasteiger partial charge is 0.408 e. The zero-order chi connectivity index (χ0) is 19.8. The summed E-state index contributed by atoms with van der Waals surface area (Å²) in [5, 5.41) is 22.6. The van der Waals surface area contributed by atoms with Crippen LogP contribution < -0.4 is 5.32 Å². The van der Waals surface area contributed by atoms with Crippen molar-refractivity contribution in [3.63, 3.8) is 0 Å². The molecular weight excluding hydrogens is 370 g/mol. The highest BCUT2D eigenvalue weighted by Gasteiger charge is 2.32. The molecule has 0 radical (unpaired) electrons. The minimum absolute atomic E-state index is 0.00936. The fraction of sp³-hybridized carbons (Fsp3) is 0.300. The van der Waals surface area contributed by atoms with Crippen molar-refractivity contribution in [2.75, 3.05) is 0 Å². The van der Waals surface area contributed by atoms with Gasteiger partial charge in [0.1, 0.15) is 6.61 Å². The average molecular weight is 392 g/mol. The molecule has 2 aromatic carbocycles. The zero-order valence-corrected chi connectivity index (χ0v) is 15.6. The molecule has 0 saturated carbocycles. The number of carboxylic acids is 1. The van der Waals surface area contributed by atoms with Crippen molar-refractivity contribution in [1.82, 2.24) is 5.32 Å². The Labute approximate surface area is 162 Å².